The number of phenols is 1. The molecule has 0 aliphatic rings. The highest BCUT2D eigenvalue weighted by atomic mass is 16.6. The van der Waals surface area contributed by atoms with Crippen LogP contribution in [0.1, 0.15) is 52.7 Å². The van der Waals surface area contributed by atoms with Gasteiger partial charge >= 0.3 is 6.09 Å². The topological polar surface area (TPSA) is 67.6 Å². The number of nitrogens with zero attached hydrogens (tertiary/aromatic N) is 3. The van der Waals surface area contributed by atoms with Gasteiger partial charge in [-0.2, -0.15) is 5.10 Å². The number of hydrogen-bond donors (Lipinski definition) is 1. The summed E-state index contributed by atoms with van der Waals surface area (Å²) >= 11 is 0. The minimum absolute atomic E-state index is 0.191. The fourth-order valence-corrected chi connectivity index (χ4v) is 2.92. The van der Waals surface area contributed by atoms with Crippen LogP contribution in [-0.2, 0) is 22.1 Å². The molecular weight excluding hydrogens is 354 g/mol. The molecule has 1 aromatic heterocycles. The van der Waals surface area contributed by atoms with Gasteiger partial charge < -0.3 is 14.7 Å². The molecule has 6 heteroatoms. The van der Waals surface area contributed by atoms with Crippen molar-refractivity contribution in [2.24, 2.45) is 0 Å². The number of carbonyl (C=O) groups excluding carboxylic acids is 1. The summed E-state index contributed by atoms with van der Waals surface area (Å²) in [5.74, 6) is 0.360. The van der Waals surface area contributed by atoms with Gasteiger partial charge in [-0.25, -0.2) is 4.79 Å². The third-order valence-corrected chi connectivity index (χ3v) is 4.57. The number of benzene rings is 1. The van der Waals surface area contributed by atoms with Gasteiger partial charge in [-0.1, -0.05) is 41.5 Å². The monoisotopic (exact) mass is 387 g/mol. The maximum absolute atomic E-state index is 11.5. The van der Waals surface area contributed by atoms with Crippen LogP contribution < -0.4 is 0 Å². The van der Waals surface area contributed by atoms with Crippen molar-refractivity contribution in [3.63, 3.8) is 0 Å². The zero-order valence-corrected chi connectivity index (χ0v) is 18.3. The molecule has 0 saturated carbocycles. The largest absolute Gasteiger partial charge is 0.507 e. The van der Waals surface area contributed by atoms with E-state index in [4.69, 9.17) is 4.74 Å². The lowest BCUT2D eigenvalue weighted by atomic mass is 9.78. The first-order valence-electron chi connectivity index (χ1n) is 9.56. The number of rotatable bonds is 4. The standard InChI is InChI=1S/C22H33N3O3/c1-21(2,3)16-13-15(14-17(19(16)26)22(4,5)6)18-9-10-25(23-18)11-12-28-20(27)24(7)8/h9-10,13-14,26H,11-12H2,1-8H3. The van der Waals surface area contributed by atoms with Crippen LogP contribution in [0.4, 0.5) is 4.79 Å². The summed E-state index contributed by atoms with van der Waals surface area (Å²) in [6.45, 7) is 13.3. The number of amides is 1. The highest BCUT2D eigenvalue weighted by Gasteiger charge is 2.27. The molecule has 0 aliphatic carbocycles. The van der Waals surface area contributed by atoms with Crippen LogP contribution in [0, 0.1) is 0 Å². The summed E-state index contributed by atoms with van der Waals surface area (Å²) in [6, 6.07) is 5.98. The lowest BCUT2D eigenvalue weighted by Crippen LogP contribution is -2.24. The zero-order chi connectivity index (χ0) is 21.3. The number of phenolic OH excluding ortho intramolecular Hbond substituents is 1. The van der Waals surface area contributed by atoms with Crippen molar-refractivity contribution in [1.29, 1.82) is 0 Å². The van der Waals surface area contributed by atoms with Crippen molar-refractivity contribution in [3.05, 3.63) is 35.5 Å². The van der Waals surface area contributed by atoms with E-state index in [1.165, 1.54) is 4.90 Å². The first kappa shape index (κ1) is 21.8. The quantitative estimate of drug-likeness (QED) is 0.836. The van der Waals surface area contributed by atoms with E-state index in [0.29, 0.717) is 12.3 Å². The molecule has 0 fully saturated rings. The third-order valence-electron chi connectivity index (χ3n) is 4.57. The molecule has 0 saturated heterocycles. The summed E-state index contributed by atoms with van der Waals surface area (Å²) in [5.41, 5.74) is 3.23. The van der Waals surface area contributed by atoms with Gasteiger partial charge in [0.15, 0.2) is 0 Å². The van der Waals surface area contributed by atoms with Gasteiger partial charge in [0.05, 0.1) is 12.2 Å². The Labute approximate surface area is 168 Å². The molecule has 1 amide bonds. The Balaban J connectivity index is 2.33. The zero-order valence-electron chi connectivity index (χ0n) is 18.3. The minimum Gasteiger partial charge on any atom is -0.507 e. The van der Waals surface area contributed by atoms with Crippen LogP contribution in [0.2, 0.25) is 0 Å². The Morgan fingerprint density at radius 2 is 1.64 bits per heavy atom. The number of hydrogen-bond acceptors (Lipinski definition) is 4. The SMILES string of the molecule is CN(C)C(=O)OCCn1ccc(-c2cc(C(C)(C)C)c(O)c(C(C)(C)C)c2)n1. The second-order valence-electron chi connectivity index (χ2n) is 9.39. The maximum Gasteiger partial charge on any atom is 0.409 e. The van der Waals surface area contributed by atoms with Crippen LogP contribution in [0.3, 0.4) is 0 Å². The summed E-state index contributed by atoms with van der Waals surface area (Å²) in [6.07, 6.45) is 1.51. The molecular formula is C22H33N3O3. The first-order chi connectivity index (χ1) is 12.8. The van der Waals surface area contributed by atoms with E-state index < -0.39 is 0 Å². The van der Waals surface area contributed by atoms with Gasteiger partial charge in [-0.05, 0) is 29.0 Å². The molecule has 0 radical (unpaired) electrons. The van der Waals surface area contributed by atoms with Gasteiger partial charge in [-0.3, -0.25) is 4.68 Å². The number of ether oxygens (including phenoxy) is 1. The van der Waals surface area contributed by atoms with Crippen molar-refractivity contribution < 1.29 is 14.6 Å². The van der Waals surface area contributed by atoms with Gasteiger partial charge in [0.25, 0.3) is 0 Å². The molecule has 154 valence electrons. The van der Waals surface area contributed by atoms with Gasteiger partial charge in [0, 0.05) is 37.0 Å². The van der Waals surface area contributed by atoms with E-state index in [1.54, 1.807) is 18.8 Å². The Morgan fingerprint density at radius 1 is 1.11 bits per heavy atom. The molecule has 0 aliphatic heterocycles. The fraction of sp³-hybridized carbons (Fsp3) is 0.545. The van der Waals surface area contributed by atoms with Gasteiger partial charge in [-0.15, -0.1) is 0 Å². The molecule has 1 N–H and O–H groups in total. The van der Waals surface area contributed by atoms with Crippen LogP contribution >= 0.6 is 0 Å². The highest BCUT2D eigenvalue weighted by Crippen LogP contribution is 2.41. The van der Waals surface area contributed by atoms with E-state index in [1.807, 2.05) is 24.4 Å². The molecule has 0 bridgehead atoms. The first-order valence-corrected chi connectivity index (χ1v) is 9.56. The number of aromatic hydroxyl groups is 1. The Bertz CT molecular complexity index is 804. The summed E-state index contributed by atoms with van der Waals surface area (Å²) in [5, 5.41) is 15.5. The summed E-state index contributed by atoms with van der Waals surface area (Å²) < 4.78 is 6.92. The smallest absolute Gasteiger partial charge is 0.409 e. The van der Waals surface area contributed by atoms with Gasteiger partial charge in [0.2, 0.25) is 0 Å². The second kappa shape index (κ2) is 7.86. The number of carbonyl (C=O) groups is 1. The fourth-order valence-electron chi connectivity index (χ4n) is 2.92. The molecule has 1 aromatic carbocycles. The number of aromatic nitrogens is 2. The van der Waals surface area contributed by atoms with E-state index in [0.717, 1.165) is 22.4 Å². The predicted molar refractivity (Wildman–Crippen MR) is 112 cm³/mol. The minimum atomic E-state index is -0.365. The van der Waals surface area contributed by atoms with Crippen molar-refractivity contribution in [1.82, 2.24) is 14.7 Å². The molecule has 1 heterocycles. The molecule has 2 rings (SSSR count). The Morgan fingerprint density at radius 3 is 2.11 bits per heavy atom. The van der Waals surface area contributed by atoms with Crippen LogP contribution in [0.15, 0.2) is 24.4 Å². The molecule has 6 nitrogen and oxygen atoms in total. The van der Waals surface area contributed by atoms with Crippen molar-refractivity contribution >= 4 is 6.09 Å². The molecule has 2 aromatic rings. The lowest BCUT2D eigenvalue weighted by molar-refractivity contribution is 0.114. The predicted octanol–water partition coefficient (Wildman–Crippen LogP) is 4.55. The van der Waals surface area contributed by atoms with Crippen molar-refractivity contribution in [2.45, 2.75) is 58.9 Å². The van der Waals surface area contributed by atoms with Crippen LogP contribution in [0.5, 0.6) is 5.75 Å². The maximum atomic E-state index is 11.5. The Hall–Kier alpha value is -2.50. The van der Waals surface area contributed by atoms with Crippen LogP contribution in [-0.4, -0.2) is 46.6 Å². The van der Waals surface area contributed by atoms with Crippen LogP contribution in [0.25, 0.3) is 11.3 Å². The Kier molecular flexibility index (Phi) is 6.12. The van der Waals surface area contributed by atoms with Crippen molar-refractivity contribution in [2.75, 3.05) is 20.7 Å². The van der Waals surface area contributed by atoms with E-state index in [-0.39, 0.29) is 23.5 Å². The molecule has 28 heavy (non-hydrogen) atoms. The van der Waals surface area contributed by atoms with Crippen molar-refractivity contribution in [3.8, 4) is 17.0 Å². The molecule has 0 atom stereocenters. The average molecular weight is 388 g/mol. The molecule has 0 spiro atoms. The van der Waals surface area contributed by atoms with E-state index in [9.17, 15) is 9.90 Å². The third kappa shape index (κ3) is 5.06. The average Bonchev–Trinajstić information content (AvgIpc) is 3.01. The summed E-state index contributed by atoms with van der Waals surface area (Å²) in [4.78, 5) is 12.9. The van der Waals surface area contributed by atoms with Gasteiger partial charge in [0.1, 0.15) is 12.4 Å². The normalized spacial score (nSPS) is 12.1. The summed E-state index contributed by atoms with van der Waals surface area (Å²) in [7, 11) is 3.30. The van der Waals surface area contributed by atoms with E-state index >= 15 is 0 Å². The lowest BCUT2D eigenvalue weighted by Gasteiger charge is -2.28. The molecule has 0 unspecified atom stereocenters. The van der Waals surface area contributed by atoms with E-state index in [2.05, 4.69) is 46.6 Å². The highest BCUT2D eigenvalue weighted by molar-refractivity contribution is 5.67. The second-order valence-corrected chi connectivity index (χ2v) is 9.39.